The molecule has 1 aliphatic rings. The normalized spacial score (nSPS) is 18.9. The van der Waals surface area contributed by atoms with Gasteiger partial charge in [-0.3, -0.25) is 4.90 Å². The lowest BCUT2D eigenvalue weighted by atomic mass is 10.1. The van der Waals surface area contributed by atoms with E-state index in [4.69, 9.17) is 4.74 Å². The molecule has 0 bridgehead atoms. The number of amides is 1. The van der Waals surface area contributed by atoms with Crippen LogP contribution in [-0.4, -0.2) is 26.0 Å². The summed E-state index contributed by atoms with van der Waals surface area (Å²) < 4.78 is 6.45. The molecule has 19 heavy (non-hydrogen) atoms. The van der Waals surface area contributed by atoms with E-state index in [-0.39, 0.29) is 10.1 Å². The van der Waals surface area contributed by atoms with E-state index in [1.54, 1.807) is 4.90 Å². The van der Waals surface area contributed by atoms with Gasteiger partial charge in [-0.2, -0.15) is 0 Å². The molecule has 0 aromatic heterocycles. The molecule has 3 nitrogen and oxygen atoms in total. The maximum absolute atomic E-state index is 12.1. The molecule has 1 heterocycles. The Labute approximate surface area is 140 Å². The van der Waals surface area contributed by atoms with Crippen LogP contribution in [0.25, 0.3) is 0 Å². The quantitative estimate of drug-likeness (QED) is 0.280. The molecule has 0 spiro atoms. The predicted octanol–water partition coefficient (Wildman–Crippen LogP) is 4.15. The van der Waals surface area contributed by atoms with Gasteiger partial charge in [-0.15, -0.1) is 0 Å². The van der Waals surface area contributed by atoms with Crippen LogP contribution in [-0.2, 0) is 11.3 Å². The Morgan fingerprint density at radius 1 is 1.37 bits per heavy atom. The van der Waals surface area contributed by atoms with E-state index in [0.29, 0.717) is 6.61 Å². The number of rotatable bonds is 3. The van der Waals surface area contributed by atoms with Gasteiger partial charge >= 0.3 is 6.09 Å². The number of alkyl halides is 2. The highest BCUT2D eigenvalue weighted by Gasteiger charge is 2.27. The lowest BCUT2D eigenvalue weighted by Gasteiger charge is -2.31. The van der Waals surface area contributed by atoms with E-state index in [9.17, 15) is 4.79 Å². The minimum atomic E-state index is -0.223. The first-order valence-corrected chi connectivity index (χ1v) is 8.86. The van der Waals surface area contributed by atoms with E-state index in [1.165, 1.54) is 5.57 Å². The Bertz CT molecular complexity index is 462. The van der Waals surface area contributed by atoms with Gasteiger partial charge in [-0.05, 0) is 17.6 Å². The van der Waals surface area contributed by atoms with E-state index < -0.39 is 0 Å². The number of nitrogens with zero attached hydrogens (tertiary/aromatic N) is 1. The van der Waals surface area contributed by atoms with E-state index in [1.807, 2.05) is 30.3 Å². The fraction of sp³-hybridized carbons (Fsp3) is 0.357. The van der Waals surface area contributed by atoms with Crippen LogP contribution in [0.5, 0.6) is 0 Å². The maximum atomic E-state index is 12.1. The van der Waals surface area contributed by atoms with Crippen molar-refractivity contribution in [3.63, 3.8) is 0 Å². The molecule has 1 aromatic rings. The van der Waals surface area contributed by atoms with Gasteiger partial charge in [-0.25, -0.2) is 4.79 Å². The molecule has 0 fully saturated rings. The van der Waals surface area contributed by atoms with Crippen LogP contribution in [0.3, 0.4) is 0 Å². The average molecular weight is 483 g/mol. The average Bonchev–Trinajstić information content (AvgIpc) is 2.46. The van der Waals surface area contributed by atoms with Gasteiger partial charge < -0.3 is 4.74 Å². The number of halogens is 2. The van der Waals surface area contributed by atoms with Crippen LogP contribution >= 0.6 is 45.2 Å². The zero-order valence-electron chi connectivity index (χ0n) is 10.4. The third-order valence-electron chi connectivity index (χ3n) is 2.95. The van der Waals surface area contributed by atoms with Crippen molar-refractivity contribution >= 4 is 51.3 Å². The van der Waals surface area contributed by atoms with Gasteiger partial charge in [0, 0.05) is 11.0 Å². The lowest BCUT2D eigenvalue weighted by molar-refractivity contribution is 0.0965. The smallest absolute Gasteiger partial charge is 0.411 e. The number of hydrogen-bond acceptors (Lipinski definition) is 2. The van der Waals surface area contributed by atoms with E-state index in [2.05, 4.69) is 51.3 Å². The fourth-order valence-corrected chi connectivity index (χ4v) is 4.46. The Morgan fingerprint density at radius 3 is 2.79 bits per heavy atom. The third-order valence-corrected chi connectivity index (χ3v) is 5.30. The summed E-state index contributed by atoms with van der Waals surface area (Å²) in [7, 11) is 0. The summed E-state index contributed by atoms with van der Waals surface area (Å²) in [5.41, 5.74) is 2.31. The highest BCUT2D eigenvalue weighted by Crippen LogP contribution is 2.25. The van der Waals surface area contributed by atoms with Crippen LogP contribution in [0.2, 0.25) is 0 Å². The summed E-state index contributed by atoms with van der Waals surface area (Å²) in [5.74, 6) is 0. The van der Waals surface area contributed by atoms with Crippen molar-refractivity contribution in [3.8, 4) is 0 Å². The molecule has 5 heteroatoms. The second-order valence-electron chi connectivity index (χ2n) is 4.27. The van der Waals surface area contributed by atoms with Gasteiger partial charge in [0.1, 0.15) is 10.7 Å². The van der Waals surface area contributed by atoms with E-state index >= 15 is 0 Å². The molecule has 1 atom stereocenters. The van der Waals surface area contributed by atoms with Crippen molar-refractivity contribution < 1.29 is 9.53 Å². The molecule has 102 valence electrons. The summed E-state index contributed by atoms with van der Waals surface area (Å²) in [6.07, 6.45) is 2.92. The van der Waals surface area contributed by atoms with Gasteiger partial charge in [-0.1, -0.05) is 81.6 Å². The Hall–Kier alpha value is -0.310. The first kappa shape index (κ1) is 15.1. The molecular weight excluding hydrogens is 468 g/mol. The molecule has 2 rings (SSSR count). The number of benzene rings is 1. The monoisotopic (exact) mass is 483 g/mol. The maximum Gasteiger partial charge on any atom is 0.411 e. The van der Waals surface area contributed by atoms with Crippen molar-refractivity contribution in [2.45, 2.75) is 17.1 Å². The summed E-state index contributed by atoms with van der Waals surface area (Å²) >= 11 is 4.64. The topological polar surface area (TPSA) is 29.5 Å². The standard InChI is InChI=1S/C14H15I2NO2/c15-9-12-7-4-8-17(13(12)16)14(18)19-10-11-5-2-1-3-6-11/h1-3,5-7,13H,4,8-10H2. The fourth-order valence-electron chi connectivity index (χ4n) is 1.90. The zero-order chi connectivity index (χ0) is 13.7. The lowest BCUT2D eigenvalue weighted by Crippen LogP contribution is -2.41. The van der Waals surface area contributed by atoms with E-state index in [0.717, 1.165) is 23.0 Å². The number of carbonyl (C=O) groups is 1. The molecule has 0 saturated carbocycles. The van der Waals surface area contributed by atoms with Crippen molar-refractivity contribution in [1.82, 2.24) is 4.90 Å². The molecule has 0 N–H and O–H groups in total. The van der Waals surface area contributed by atoms with Crippen LogP contribution in [0.15, 0.2) is 42.0 Å². The van der Waals surface area contributed by atoms with Crippen LogP contribution < -0.4 is 0 Å². The summed E-state index contributed by atoms with van der Waals surface area (Å²) in [4.78, 5) is 13.9. The first-order chi connectivity index (χ1) is 9.22. The molecule has 1 aliphatic heterocycles. The van der Waals surface area contributed by atoms with Gasteiger partial charge in [0.2, 0.25) is 0 Å². The van der Waals surface area contributed by atoms with Crippen molar-refractivity contribution in [3.05, 3.63) is 47.5 Å². The minimum absolute atomic E-state index is 0.117. The number of hydrogen-bond donors (Lipinski definition) is 0. The van der Waals surface area contributed by atoms with Crippen LogP contribution in [0.4, 0.5) is 4.79 Å². The molecule has 0 radical (unpaired) electrons. The zero-order valence-corrected chi connectivity index (χ0v) is 14.7. The first-order valence-electron chi connectivity index (χ1n) is 6.08. The number of ether oxygens (including phenoxy) is 1. The molecular formula is C14H15I2NO2. The van der Waals surface area contributed by atoms with Crippen LogP contribution in [0.1, 0.15) is 12.0 Å². The summed E-state index contributed by atoms with van der Waals surface area (Å²) in [5, 5.41) is 0. The number of carbonyl (C=O) groups excluding carboxylic acids is 1. The Kier molecular flexibility index (Phi) is 5.93. The van der Waals surface area contributed by atoms with Crippen LogP contribution in [0, 0.1) is 0 Å². The second-order valence-corrected chi connectivity index (χ2v) is 6.21. The third kappa shape index (κ3) is 4.08. The minimum Gasteiger partial charge on any atom is -0.445 e. The molecule has 0 saturated heterocycles. The van der Waals surface area contributed by atoms with Crippen molar-refractivity contribution in [1.29, 1.82) is 0 Å². The molecule has 1 aromatic carbocycles. The summed E-state index contributed by atoms with van der Waals surface area (Å²) in [6, 6.07) is 9.76. The van der Waals surface area contributed by atoms with Crippen molar-refractivity contribution in [2.75, 3.05) is 11.0 Å². The summed E-state index contributed by atoms with van der Waals surface area (Å²) in [6.45, 7) is 1.07. The highest BCUT2D eigenvalue weighted by molar-refractivity contribution is 14.1. The van der Waals surface area contributed by atoms with Gasteiger partial charge in [0.05, 0.1) is 0 Å². The van der Waals surface area contributed by atoms with Gasteiger partial charge in [0.15, 0.2) is 0 Å². The largest absolute Gasteiger partial charge is 0.445 e. The Balaban J connectivity index is 1.92. The molecule has 1 amide bonds. The van der Waals surface area contributed by atoms with Crippen molar-refractivity contribution in [2.24, 2.45) is 0 Å². The Morgan fingerprint density at radius 2 is 2.11 bits per heavy atom. The second kappa shape index (κ2) is 7.47. The SMILES string of the molecule is O=C(OCc1ccccc1)N1CCC=C(CI)C1I. The predicted molar refractivity (Wildman–Crippen MR) is 92.7 cm³/mol. The highest BCUT2D eigenvalue weighted by atomic mass is 127. The molecule has 1 unspecified atom stereocenters. The molecule has 0 aliphatic carbocycles. The van der Waals surface area contributed by atoms with Gasteiger partial charge in [0.25, 0.3) is 0 Å².